The van der Waals surface area contributed by atoms with Gasteiger partial charge in [0.1, 0.15) is 11.8 Å². The lowest BCUT2D eigenvalue weighted by molar-refractivity contribution is -0.139. The second-order valence-electron chi connectivity index (χ2n) is 8.98. The van der Waals surface area contributed by atoms with Gasteiger partial charge in [-0.15, -0.1) is 11.8 Å². The minimum atomic E-state index is -0.656. The van der Waals surface area contributed by atoms with Crippen LogP contribution in [0.15, 0.2) is 78.9 Å². The van der Waals surface area contributed by atoms with E-state index >= 15 is 0 Å². The second-order valence-corrected chi connectivity index (χ2v) is 10.4. The lowest BCUT2D eigenvalue weighted by atomic mass is 10.0. The van der Waals surface area contributed by atoms with Crippen molar-refractivity contribution >= 4 is 35.2 Å². The molecule has 0 bridgehead atoms. The summed E-state index contributed by atoms with van der Waals surface area (Å²) in [5, 5.41) is 3.79. The molecule has 0 spiro atoms. The number of benzene rings is 3. The zero-order chi connectivity index (χ0) is 26.6. The van der Waals surface area contributed by atoms with E-state index in [9.17, 15) is 9.59 Å². The Hall–Kier alpha value is -2.96. The smallest absolute Gasteiger partial charge is 0.243 e. The standard InChI is InChI=1S/C30H35ClN2O3S/c1-4-22(2)32-30(35)28(18-23-11-6-5-7-12-23)33(19-24-13-10-15-26(17-24)36-3)29(34)21-37-20-25-14-8-9-16-27(25)31/h5-17,22,28H,4,18-21H2,1-3H3,(H,32,35). The van der Waals surface area contributed by atoms with Crippen LogP contribution in [0, 0.1) is 0 Å². The van der Waals surface area contributed by atoms with Gasteiger partial charge in [-0.05, 0) is 48.2 Å². The summed E-state index contributed by atoms with van der Waals surface area (Å²) in [6.07, 6.45) is 1.23. The van der Waals surface area contributed by atoms with Crippen molar-refractivity contribution in [3.8, 4) is 5.75 Å². The van der Waals surface area contributed by atoms with Gasteiger partial charge >= 0.3 is 0 Å². The average Bonchev–Trinajstić information content (AvgIpc) is 2.92. The van der Waals surface area contributed by atoms with Crippen molar-refractivity contribution in [2.45, 2.75) is 51.1 Å². The molecule has 37 heavy (non-hydrogen) atoms. The molecule has 2 atom stereocenters. The van der Waals surface area contributed by atoms with Crippen molar-refractivity contribution < 1.29 is 14.3 Å². The maximum Gasteiger partial charge on any atom is 0.243 e. The van der Waals surface area contributed by atoms with Gasteiger partial charge in [0.15, 0.2) is 0 Å². The van der Waals surface area contributed by atoms with Gasteiger partial charge < -0.3 is 15.0 Å². The molecule has 2 unspecified atom stereocenters. The van der Waals surface area contributed by atoms with Crippen LogP contribution >= 0.6 is 23.4 Å². The minimum absolute atomic E-state index is 0.00847. The van der Waals surface area contributed by atoms with Crippen molar-refractivity contribution in [1.29, 1.82) is 0 Å². The molecular weight excluding hydrogens is 504 g/mol. The number of methoxy groups -OCH3 is 1. The third-order valence-corrected chi connectivity index (χ3v) is 7.54. The highest BCUT2D eigenvalue weighted by molar-refractivity contribution is 7.99. The number of halogens is 1. The number of thioether (sulfide) groups is 1. The fourth-order valence-corrected chi connectivity index (χ4v) is 5.11. The molecule has 3 aromatic rings. The molecule has 0 heterocycles. The molecule has 196 valence electrons. The molecule has 0 aliphatic rings. The number of nitrogens with zero attached hydrogens (tertiary/aromatic N) is 1. The Labute approximate surface area is 229 Å². The topological polar surface area (TPSA) is 58.6 Å². The molecule has 2 amide bonds. The largest absolute Gasteiger partial charge is 0.497 e. The Bertz CT molecular complexity index is 1160. The minimum Gasteiger partial charge on any atom is -0.497 e. The predicted molar refractivity (Wildman–Crippen MR) is 153 cm³/mol. The van der Waals surface area contributed by atoms with Gasteiger partial charge in [0.25, 0.3) is 0 Å². The van der Waals surface area contributed by atoms with E-state index in [0.29, 0.717) is 29.5 Å². The van der Waals surface area contributed by atoms with Gasteiger partial charge in [0, 0.05) is 29.8 Å². The number of carbonyl (C=O) groups is 2. The molecule has 3 aromatic carbocycles. The van der Waals surface area contributed by atoms with Crippen LogP contribution in [0.3, 0.4) is 0 Å². The number of hydrogen-bond acceptors (Lipinski definition) is 4. The van der Waals surface area contributed by atoms with E-state index in [0.717, 1.165) is 23.1 Å². The number of hydrogen-bond donors (Lipinski definition) is 1. The molecular formula is C30H35ClN2O3S. The first-order chi connectivity index (χ1) is 17.9. The molecule has 1 N–H and O–H groups in total. The summed E-state index contributed by atoms with van der Waals surface area (Å²) < 4.78 is 5.39. The molecule has 0 saturated carbocycles. The zero-order valence-corrected chi connectivity index (χ0v) is 23.2. The highest BCUT2D eigenvalue weighted by Crippen LogP contribution is 2.23. The lowest BCUT2D eigenvalue weighted by Gasteiger charge is -2.32. The predicted octanol–water partition coefficient (Wildman–Crippen LogP) is 6.14. The Morgan fingerprint density at radius 3 is 2.41 bits per heavy atom. The number of ether oxygens (including phenoxy) is 1. The van der Waals surface area contributed by atoms with Crippen LogP contribution in [0.5, 0.6) is 5.75 Å². The van der Waals surface area contributed by atoms with E-state index in [1.807, 2.05) is 92.7 Å². The highest BCUT2D eigenvalue weighted by atomic mass is 35.5. The molecule has 3 rings (SSSR count). The summed E-state index contributed by atoms with van der Waals surface area (Å²) >= 11 is 7.81. The van der Waals surface area contributed by atoms with E-state index in [4.69, 9.17) is 16.3 Å². The van der Waals surface area contributed by atoms with Gasteiger partial charge in [0.2, 0.25) is 11.8 Å². The maximum atomic E-state index is 13.7. The van der Waals surface area contributed by atoms with Crippen LogP contribution in [0.2, 0.25) is 5.02 Å². The van der Waals surface area contributed by atoms with Crippen molar-refractivity contribution in [3.63, 3.8) is 0 Å². The first kappa shape index (κ1) is 28.6. The van der Waals surface area contributed by atoms with Crippen molar-refractivity contribution in [2.75, 3.05) is 12.9 Å². The van der Waals surface area contributed by atoms with Crippen LogP contribution < -0.4 is 10.1 Å². The molecule has 0 aromatic heterocycles. The summed E-state index contributed by atoms with van der Waals surface area (Å²) in [4.78, 5) is 29.0. The van der Waals surface area contributed by atoms with Gasteiger partial charge in [0.05, 0.1) is 12.9 Å². The fraction of sp³-hybridized carbons (Fsp3) is 0.333. The Balaban J connectivity index is 1.88. The van der Waals surface area contributed by atoms with Crippen molar-refractivity contribution in [1.82, 2.24) is 10.2 Å². The number of amides is 2. The Kier molecular flexibility index (Phi) is 11.4. The van der Waals surface area contributed by atoms with E-state index in [1.54, 1.807) is 12.0 Å². The molecule has 7 heteroatoms. The summed E-state index contributed by atoms with van der Waals surface area (Å²) in [5.41, 5.74) is 2.88. The molecule has 0 radical (unpaired) electrons. The summed E-state index contributed by atoms with van der Waals surface area (Å²) in [6.45, 7) is 4.31. The molecule has 5 nitrogen and oxygen atoms in total. The molecule has 0 fully saturated rings. The van der Waals surface area contributed by atoms with Gasteiger partial charge in [-0.2, -0.15) is 0 Å². The van der Waals surface area contributed by atoms with Gasteiger partial charge in [-0.1, -0.05) is 79.2 Å². The monoisotopic (exact) mass is 538 g/mol. The summed E-state index contributed by atoms with van der Waals surface area (Å²) in [6, 6.07) is 24.4. The fourth-order valence-electron chi connectivity index (χ4n) is 3.91. The molecule has 0 aliphatic heterocycles. The van der Waals surface area contributed by atoms with Crippen molar-refractivity contribution in [2.24, 2.45) is 0 Å². The van der Waals surface area contributed by atoms with E-state index in [-0.39, 0.29) is 23.6 Å². The molecule has 0 saturated heterocycles. The van der Waals surface area contributed by atoms with Crippen LogP contribution in [-0.2, 0) is 28.3 Å². The van der Waals surface area contributed by atoms with E-state index in [1.165, 1.54) is 11.8 Å². The normalized spacial score (nSPS) is 12.4. The van der Waals surface area contributed by atoms with Crippen LogP contribution in [-0.4, -0.2) is 41.7 Å². The van der Waals surface area contributed by atoms with E-state index in [2.05, 4.69) is 5.32 Å². The van der Waals surface area contributed by atoms with Gasteiger partial charge in [-0.3, -0.25) is 9.59 Å². The molecule has 0 aliphatic carbocycles. The number of carbonyl (C=O) groups excluding carboxylic acids is 2. The lowest BCUT2D eigenvalue weighted by Crippen LogP contribution is -2.52. The first-order valence-electron chi connectivity index (χ1n) is 12.5. The third-order valence-electron chi connectivity index (χ3n) is 6.20. The quantitative estimate of drug-likeness (QED) is 0.284. The van der Waals surface area contributed by atoms with Crippen LogP contribution in [0.4, 0.5) is 0 Å². The third kappa shape index (κ3) is 8.83. The van der Waals surface area contributed by atoms with Crippen molar-refractivity contribution in [3.05, 3.63) is 101 Å². The number of nitrogens with one attached hydrogen (secondary N) is 1. The average molecular weight is 539 g/mol. The number of rotatable bonds is 13. The first-order valence-corrected chi connectivity index (χ1v) is 14.0. The SMILES string of the molecule is CCC(C)NC(=O)C(Cc1ccccc1)N(Cc1cccc(OC)c1)C(=O)CSCc1ccccc1Cl. The van der Waals surface area contributed by atoms with Crippen LogP contribution in [0.25, 0.3) is 0 Å². The van der Waals surface area contributed by atoms with Gasteiger partial charge in [-0.25, -0.2) is 0 Å². The summed E-state index contributed by atoms with van der Waals surface area (Å²) in [5.74, 6) is 1.31. The Morgan fingerprint density at radius 1 is 1.00 bits per heavy atom. The summed E-state index contributed by atoms with van der Waals surface area (Å²) in [7, 11) is 1.62. The highest BCUT2D eigenvalue weighted by Gasteiger charge is 2.31. The maximum absolute atomic E-state index is 13.7. The Morgan fingerprint density at radius 2 is 1.70 bits per heavy atom. The van der Waals surface area contributed by atoms with E-state index < -0.39 is 6.04 Å². The second kappa shape index (κ2) is 14.7. The zero-order valence-electron chi connectivity index (χ0n) is 21.7. The van der Waals surface area contributed by atoms with Crippen LogP contribution in [0.1, 0.15) is 37.0 Å².